The van der Waals surface area contributed by atoms with Crippen LogP contribution in [0.25, 0.3) is 0 Å². The molecule has 0 aromatic heterocycles. The van der Waals surface area contributed by atoms with Crippen molar-refractivity contribution in [3.05, 3.63) is 60.2 Å². The van der Waals surface area contributed by atoms with Crippen molar-refractivity contribution in [2.24, 2.45) is 0 Å². The lowest BCUT2D eigenvalue weighted by atomic mass is 9.95. The van der Waals surface area contributed by atoms with Gasteiger partial charge in [0.1, 0.15) is 5.75 Å². The molecule has 0 radical (unpaired) electrons. The van der Waals surface area contributed by atoms with Gasteiger partial charge in [0.05, 0.1) is 13.5 Å². The minimum Gasteiger partial charge on any atom is -0.508 e. The van der Waals surface area contributed by atoms with Crippen molar-refractivity contribution in [3.63, 3.8) is 0 Å². The van der Waals surface area contributed by atoms with Crippen LogP contribution in [-0.2, 0) is 9.53 Å². The third kappa shape index (κ3) is 3.47. The molecule has 0 aliphatic carbocycles. The quantitative estimate of drug-likeness (QED) is 0.880. The zero-order valence-electron chi connectivity index (χ0n) is 13.2. The van der Waals surface area contributed by atoms with E-state index in [9.17, 15) is 9.90 Å². The van der Waals surface area contributed by atoms with Crippen molar-refractivity contribution in [1.29, 1.82) is 0 Å². The molecule has 0 saturated carbocycles. The van der Waals surface area contributed by atoms with Gasteiger partial charge in [-0.2, -0.15) is 0 Å². The van der Waals surface area contributed by atoms with Gasteiger partial charge >= 0.3 is 5.97 Å². The molecule has 3 rings (SSSR count). The maximum absolute atomic E-state index is 11.8. The molecule has 0 unspecified atom stereocenters. The minimum atomic E-state index is -0.188. The molecule has 4 heteroatoms. The van der Waals surface area contributed by atoms with Crippen LogP contribution in [-0.4, -0.2) is 30.8 Å². The van der Waals surface area contributed by atoms with E-state index >= 15 is 0 Å². The summed E-state index contributed by atoms with van der Waals surface area (Å²) in [6.45, 7) is 0.858. The number of benzene rings is 2. The van der Waals surface area contributed by atoms with Crippen molar-refractivity contribution in [2.45, 2.75) is 24.8 Å². The van der Waals surface area contributed by atoms with Gasteiger partial charge in [0.2, 0.25) is 0 Å². The number of phenolic OH excluding ortho intramolecular Hbond substituents is 1. The van der Waals surface area contributed by atoms with Gasteiger partial charge in [-0.05, 0) is 36.2 Å². The Morgan fingerprint density at radius 2 is 1.87 bits per heavy atom. The normalized spacial score (nSPS) is 20.5. The van der Waals surface area contributed by atoms with Crippen LogP contribution in [0.5, 0.6) is 5.75 Å². The molecule has 2 atom stereocenters. The van der Waals surface area contributed by atoms with Gasteiger partial charge in [-0.1, -0.05) is 30.3 Å². The number of phenols is 1. The van der Waals surface area contributed by atoms with Gasteiger partial charge < -0.3 is 14.7 Å². The van der Waals surface area contributed by atoms with E-state index in [4.69, 9.17) is 4.74 Å². The van der Waals surface area contributed by atoms with Crippen molar-refractivity contribution >= 4 is 11.7 Å². The summed E-state index contributed by atoms with van der Waals surface area (Å²) in [6, 6.07) is 17.7. The third-order valence-electron chi connectivity index (χ3n) is 4.50. The Labute approximate surface area is 136 Å². The largest absolute Gasteiger partial charge is 0.508 e. The second-order valence-corrected chi connectivity index (χ2v) is 5.95. The molecule has 1 fully saturated rings. The lowest BCUT2D eigenvalue weighted by Gasteiger charge is -2.26. The summed E-state index contributed by atoms with van der Waals surface area (Å²) in [5.41, 5.74) is 2.32. The molecule has 1 aliphatic heterocycles. The second kappa shape index (κ2) is 6.73. The fourth-order valence-electron chi connectivity index (χ4n) is 3.31. The Hall–Kier alpha value is -2.49. The molecule has 23 heavy (non-hydrogen) atoms. The molecule has 0 amide bonds. The summed E-state index contributed by atoms with van der Waals surface area (Å²) >= 11 is 0. The molecule has 1 N–H and O–H groups in total. The molecular weight excluding hydrogens is 290 g/mol. The number of aromatic hydroxyl groups is 1. The number of carbonyl (C=O) groups excluding carboxylic acids is 1. The van der Waals surface area contributed by atoms with Crippen molar-refractivity contribution < 1.29 is 14.6 Å². The van der Waals surface area contributed by atoms with Gasteiger partial charge in [0, 0.05) is 24.2 Å². The zero-order chi connectivity index (χ0) is 16.2. The molecule has 1 heterocycles. The minimum absolute atomic E-state index is 0.109. The van der Waals surface area contributed by atoms with Crippen LogP contribution in [0.3, 0.4) is 0 Å². The number of rotatable bonds is 4. The number of methoxy groups -OCH3 is 1. The topological polar surface area (TPSA) is 49.8 Å². The van der Waals surface area contributed by atoms with Crippen LogP contribution in [0.15, 0.2) is 54.6 Å². The number of ether oxygens (including phenoxy) is 1. The van der Waals surface area contributed by atoms with E-state index in [0.29, 0.717) is 12.3 Å². The van der Waals surface area contributed by atoms with E-state index in [0.717, 1.165) is 18.7 Å². The van der Waals surface area contributed by atoms with Crippen LogP contribution in [0.2, 0.25) is 0 Å². The Kier molecular flexibility index (Phi) is 4.51. The molecule has 1 saturated heterocycles. The monoisotopic (exact) mass is 311 g/mol. The highest BCUT2D eigenvalue weighted by molar-refractivity contribution is 5.71. The summed E-state index contributed by atoms with van der Waals surface area (Å²) in [5, 5.41) is 9.49. The molecular formula is C19H21NO3. The smallest absolute Gasteiger partial charge is 0.307 e. The molecule has 0 spiro atoms. The summed E-state index contributed by atoms with van der Waals surface area (Å²) < 4.78 is 4.85. The first-order chi connectivity index (χ1) is 11.2. The van der Waals surface area contributed by atoms with E-state index in [1.54, 1.807) is 12.1 Å². The van der Waals surface area contributed by atoms with Crippen molar-refractivity contribution in [1.82, 2.24) is 0 Å². The summed E-state index contributed by atoms with van der Waals surface area (Å²) in [7, 11) is 1.43. The maximum Gasteiger partial charge on any atom is 0.307 e. The third-order valence-corrected chi connectivity index (χ3v) is 4.50. The van der Waals surface area contributed by atoms with Crippen LogP contribution < -0.4 is 4.90 Å². The Morgan fingerprint density at radius 3 is 2.52 bits per heavy atom. The Bertz CT molecular complexity index is 654. The SMILES string of the molecule is COC(=O)C[C@H]1C[C@@H](c2ccccc2)CN1c1ccc(O)cc1. The first-order valence-electron chi connectivity index (χ1n) is 7.85. The highest BCUT2D eigenvalue weighted by atomic mass is 16.5. The average Bonchev–Trinajstić information content (AvgIpc) is 3.00. The van der Waals surface area contributed by atoms with Gasteiger partial charge in [-0.3, -0.25) is 4.79 Å². The summed E-state index contributed by atoms with van der Waals surface area (Å²) in [5.74, 6) is 0.448. The lowest BCUT2D eigenvalue weighted by molar-refractivity contribution is -0.140. The van der Waals surface area contributed by atoms with E-state index in [1.807, 2.05) is 30.3 Å². The number of hydrogen-bond donors (Lipinski definition) is 1. The van der Waals surface area contributed by atoms with E-state index in [1.165, 1.54) is 12.7 Å². The predicted octanol–water partition coefficient (Wildman–Crippen LogP) is 3.32. The molecule has 1 aliphatic rings. The molecule has 0 bridgehead atoms. The average molecular weight is 311 g/mol. The van der Waals surface area contributed by atoms with Gasteiger partial charge in [-0.15, -0.1) is 0 Å². The van der Waals surface area contributed by atoms with Crippen molar-refractivity contribution in [2.75, 3.05) is 18.6 Å². The van der Waals surface area contributed by atoms with E-state index in [-0.39, 0.29) is 17.8 Å². The van der Waals surface area contributed by atoms with E-state index in [2.05, 4.69) is 17.0 Å². The first kappa shape index (κ1) is 15.4. The number of hydrogen-bond acceptors (Lipinski definition) is 4. The first-order valence-corrected chi connectivity index (χ1v) is 7.85. The van der Waals surface area contributed by atoms with Gasteiger partial charge in [-0.25, -0.2) is 0 Å². The standard InChI is InChI=1S/C19H21NO3/c1-23-19(22)12-17-11-15(14-5-3-2-4-6-14)13-20(17)16-7-9-18(21)10-8-16/h2-10,15,17,21H,11-13H2,1H3/t15-,17-/m1/s1. The molecule has 2 aromatic rings. The number of carbonyl (C=O) groups is 1. The summed E-state index contributed by atoms with van der Waals surface area (Å²) in [6.07, 6.45) is 1.29. The Balaban J connectivity index is 1.84. The van der Waals surface area contributed by atoms with Crippen LogP contribution >= 0.6 is 0 Å². The van der Waals surface area contributed by atoms with Crippen LogP contribution in [0.1, 0.15) is 24.3 Å². The summed E-state index contributed by atoms with van der Waals surface area (Å²) in [4.78, 5) is 14.0. The zero-order valence-corrected chi connectivity index (χ0v) is 13.2. The fourth-order valence-corrected chi connectivity index (χ4v) is 3.31. The second-order valence-electron chi connectivity index (χ2n) is 5.95. The van der Waals surface area contributed by atoms with Crippen LogP contribution in [0, 0.1) is 0 Å². The Morgan fingerprint density at radius 1 is 1.17 bits per heavy atom. The fraction of sp³-hybridized carbons (Fsp3) is 0.316. The van der Waals surface area contributed by atoms with Crippen LogP contribution in [0.4, 0.5) is 5.69 Å². The van der Waals surface area contributed by atoms with Crippen molar-refractivity contribution in [3.8, 4) is 5.75 Å². The highest BCUT2D eigenvalue weighted by Gasteiger charge is 2.34. The predicted molar refractivity (Wildman–Crippen MR) is 89.7 cm³/mol. The maximum atomic E-state index is 11.8. The highest BCUT2D eigenvalue weighted by Crippen LogP contribution is 2.37. The number of nitrogens with zero attached hydrogens (tertiary/aromatic N) is 1. The molecule has 2 aromatic carbocycles. The van der Waals surface area contributed by atoms with Gasteiger partial charge in [0.15, 0.2) is 0 Å². The van der Waals surface area contributed by atoms with E-state index < -0.39 is 0 Å². The molecule has 4 nitrogen and oxygen atoms in total. The molecule has 120 valence electrons. The van der Waals surface area contributed by atoms with Gasteiger partial charge in [0.25, 0.3) is 0 Å². The lowest BCUT2D eigenvalue weighted by Crippen LogP contribution is -2.31. The number of esters is 1. The number of anilines is 1.